The van der Waals surface area contributed by atoms with Crippen molar-refractivity contribution in [2.75, 3.05) is 6.67 Å². The molecule has 1 atom stereocenters. The third kappa shape index (κ3) is 2.01. The zero-order valence-corrected chi connectivity index (χ0v) is 6.63. The first kappa shape index (κ1) is 9.13. The minimum atomic E-state index is -0.531. The number of hydrogen-bond acceptors (Lipinski definition) is 1. The molecule has 3 heteroatoms. The molecule has 0 amide bonds. The van der Waals surface area contributed by atoms with Crippen LogP contribution in [0.1, 0.15) is 18.0 Å². The first-order valence-electron chi connectivity index (χ1n) is 3.81. The van der Waals surface area contributed by atoms with E-state index in [0.29, 0.717) is 5.56 Å². The van der Waals surface area contributed by atoms with Crippen LogP contribution < -0.4 is 5.73 Å². The predicted molar refractivity (Wildman–Crippen MR) is 43.9 cm³/mol. The van der Waals surface area contributed by atoms with Gasteiger partial charge in [0.25, 0.3) is 0 Å². The smallest absolute Gasteiger partial charge is 0.127 e. The van der Waals surface area contributed by atoms with Gasteiger partial charge in [0, 0.05) is 11.6 Å². The van der Waals surface area contributed by atoms with Gasteiger partial charge < -0.3 is 5.73 Å². The highest BCUT2D eigenvalue weighted by atomic mass is 19.1. The third-order valence-corrected chi connectivity index (χ3v) is 1.72. The number of alkyl halides is 1. The lowest BCUT2D eigenvalue weighted by molar-refractivity contribution is 0.435. The molecule has 0 aliphatic heterocycles. The Morgan fingerprint density at radius 1 is 1.33 bits per heavy atom. The fourth-order valence-corrected chi connectivity index (χ4v) is 1.05. The van der Waals surface area contributed by atoms with Gasteiger partial charge >= 0.3 is 0 Å². The summed E-state index contributed by atoms with van der Waals surface area (Å²) in [6, 6.07) is 5.65. The first-order valence-corrected chi connectivity index (χ1v) is 3.81. The van der Waals surface area contributed by atoms with Crippen LogP contribution in [-0.2, 0) is 0 Å². The Bertz CT molecular complexity index is 250. The Morgan fingerprint density at radius 3 is 2.58 bits per heavy atom. The molecule has 2 N–H and O–H groups in total. The molecule has 0 heterocycles. The number of rotatable bonds is 3. The van der Waals surface area contributed by atoms with Crippen molar-refractivity contribution >= 4 is 0 Å². The van der Waals surface area contributed by atoms with Crippen molar-refractivity contribution in [3.05, 3.63) is 35.6 Å². The number of hydrogen-bond donors (Lipinski definition) is 1. The fourth-order valence-electron chi connectivity index (χ4n) is 1.05. The van der Waals surface area contributed by atoms with E-state index < -0.39 is 12.7 Å². The second kappa shape index (κ2) is 4.16. The van der Waals surface area contributed by atoms with Gasteiger partial charge in [-0.05, 0) is 12.5 Å². The summed E-state index contributed by atoms with van der Waals surface area (Å²) in [5.41, 5.74) is 5.91. The molecule has 1 aromatic carbocycles. The molecular weight excluding hydrogens is 160 g/mol. The predicted octanol–water partition coefficient (Wildman–Crippen LogP) is 2.19. The Hall–Kier alpha value is -0.960. The van der Waals surface area contributed by atoms with E-state index in [9.17, 15) is 8.78 Å². The van der Waals surface area contributed by atoms with Crippen molar-refractivity contribution in [3.8, 4) is 0 Å². The number of nitrogens with two attached hydrogens (primary N) is 1. The van der Waals surface area contributed by atoms with Crippen molar-refractivity contribution in [3.63, 3.8) is 0 Å². The van der Waals surface area contributed by atoms with Crippen molar-refractivity contribution in [2.24, 2.45) is 5.73 Å². The largest absolute Gasteiger partial charge is 0.324 e. The van der Waals surface area contributed by atoms with Gasteiger partial charge in [0.05, 0.1) is 6.67 Å². The van der Waals surface area contributed by atoms with Crippen LogP contribution in [0.25, 0.3) is 0 Å². The molecule has 0 aliphatic carbocycles. The molecule has 0 radical (unpaired) electrons. The van der Waals surface area contributed by atoms with Crippen molar-refractivity contribution in [2.45, 2.75) is 12.5 Å². The summed E-state index contributed by atoms with van der Waals surface area (Å²) in [6.07, 6.45) is 0.168. The minimum Gasteiger partial charge on any atom is -0.324 e. The van der Waals surface area contributed by atoms with Gasteiger partial charge in [0.2, 0.25) is 0 Å². The van der Waals surface area contributed by atoms with E-state index in [0.717, 1.165) is 0 Å². The van der Waals surface area contributed by atoms with Crippen molar-refractivity contribution in [1.29, 1.82) is 0 Å². The van der Waals surface area contributed by atoms with Crippen LogP contribution in [0.2, 0.25) is 0 Å². The minimum absolute atomic E-state index is 0.168. The molecule has 0 bridgehead atoms. The highest BCUT2D eigenvalue weighted by Gasteiger charge is 2.09. The van der Waals surface area contributed by atoms with E-state index in [4.69, 9.17) is 5.73 Å². The molecule has 1 rings (SSSR count). The van der Waals surface area contributed by atoms with Crippen LogP contribution in [0.3, 0.4) is 0 Å². The topological polar surface area (TPSA) is 26.0 Å². The monoisotopic (exact) mass is 171 g/mol. The zero-order chi connectivity index (χ0) is 8.97. The summed E-state index contributed by atoms with van der Waals surface area (Å²) in [5.74, 6) is -0.363. The lowest BCUT2D eigenvalue weighted by Crippen LogP contribution is -2.12. The van der Waals surface area contributed by atoms with Gasteiger partial charge in [0.1, 0.15) is 5.82 Å². The second-order valence-electron chi connectivity index (χ2n) is 2.61. The number of benzene rings is 1. The van der Waals surface area contributed by atoms with Crippen LogP contribution in [0, 0.1) is 5.82 Å². The molecule has 1 nitrogen and oxygen atoms in total. The van der Waals surface area contributed by atoms with E-state index in [1.165, 1.54) is 6.07 Å². The Morgan fingerprint density at radius 2 is 2.00 bits per heavy atom. The summed E-state index contributed by atoms with van der Waals surface area (Å²) < 4.78 is 24.8. The van der Waals surface area contributed by atoms with E-state index in [1.54, 1.807) is 18.2 Å². The Balaban J connectivity index is 2.79. The summed E-state index contributed by atoms with van der Waals surface area (Å²) in [5, 5.41) is 0. The van der Waals surface area contributed by atoms with Gasteiger partial charge in [-0.1, -0.05) is 18.2 Å². The normalized spacial score (nSPS) is 12.9. The molecule has 66 valence electrons. The lowest BCUT2D eigenvalue weighted by Gasteiger charge is -2.09. The highest BCUT2D eigenvalue weighted by molar-refractivity contribution is 5.20. The third-order valence-electron chi connectivity index (χ3n) is 1.72. The van der Waals surface area contributed by atoms with Crippen LogP contribution in [-0.4, -0.2) is 6.67 Å². The summed E-state index contributed by atoms with van der Waals surface area (Å²) in [6.45, 7) is -0.518. The highest BCUT2D eigenvalue weighted by Crippen LogP contribution is 2.16. The molecule has 1 unspecified atom stereocenters. The SMILES string of the molecule is NC(CCF)c1ccccc1F. The summed E-state index contributed by atoms with van der Waals surface area (Å²) in [4.78, 5) is 0. The van der Waals surface area contributed by atoms with E-state index >= 15 is 0 Å². The molecule has 0 aliphatic rings. The average molecular weight is 171 g/mol. The second-order valence-corrected chi connectivity index (χ2v) is 2.61. The fraction of sp³-hybridized carbons (Fsp3) is 0.333. The quantitative estimate of drug-likeness (QED) is 0.741. The maximum absolute atomic E-state index is 13.0. The summed E-state index contributed by atoms with van der Waals surface area (Å²) in [7, 11) is 0. The van der Waals surface area contributed by atoms with Gasteiger partial charge in [-0.15, -0.1) is 0 Å². The molecule has 0 saturated carbocycles. The van der Waals surface area contributed by atoms with Crippen molar-refractivity contribution < 1.29 is 8.78 Å². The molecule has 0 saturated heterocycles. The molecule has 12 heavy (non-hydrogen) atoms. The Kier molecular flexibility index (Phi) is 3.17. The molecule has 0 spiro atoms. The lowest BCUT2D eigenvalue weighted by atomic mass is 10.1. The zero-order valence-electron chi connectivity index (χ0n) is 6.63. The molecular formula is C9H11F2N. The first-order chi connectivity index (χ1) is 5.75. The van der Waals surface area contributed by atoms with E-state index in [1.807, 2.05) is 0 Å². The van der Waals surface area contributed by atoms with Crippen LogP contribution >= 0.6 is 0 Å². The van der Waals surface area contributed by atoms with Crippen LogP contribution in [0.15, 0.2) is 24.3 Å². The van der Waals surface area contributed by atoms with Crippen LogP contribution in [0.4, 0.5) is 8.78 Å². The van der Waals surface area contributed by atoms with Gasteiger partial charge in [-0.3, -0.25) is 4.39 Å². The van der Waals surface area contributed by atoms with Gasteiger partial charge in [-0.25, -0.2) is 4.39 Å². The standard InChI is InChI=1S/C9H11F2N/c10-6-5-9(12)7-3-1-2-4-8(7)11/h1-4,9H,5-6,12H2. The maximum atomic E-state index is 13.0. The van der Waals surface area contributed by atoms with Gasteiger partial charge in [0.15, 0.2) is 0 Å². The Labute approximate surface area is 70.2 Å². The van der Waals surface area contributed by atoms with Crippen molar-refractivity contribution in [1.82, 2.24) is 0 Å². The average Bonchev–Trinajstić information content (AvgIpc) is 2.05. The molecule has 1 aromatic rings. The number of halogens is 2. The summed E-state index contributed by atoms with van der Waals surface area (Å²) >= 11 is 0. The van der Waals surface area contributed by atoms with Crippen LogP contribution in [0.5, 0.6) is 0 Å². The van der Waals surface area contributed by atoms with E-state index in [2.05, 4.69) is 0 Å². The van der Waals surface area contributed by atoms with E-state index in [-0.39, 0.29) is 12.2 Å². The van der Waals surface area contributed by atoms with Gasteiger partial charge in [-0.2, -0.15) is 0 Å². The molecule has 0 fully saturated rings. The maximum Gasteiger partial charge on any atom is 0.127 e. The molecule has 0 aromatic heterocycles.